The summed E-state index contributed by atoms with van der Waals surface area (Å²) in [7, 11) is 0. The number of ether oxygens (including phenoxy) is 1. The summed E-state index contributed by atoms with van der Waals surface area (Å²) in [5.74, 6) is -0.611. The molecule has 104 valence electrons. The second kappa shape index (κ2) is 6.36. The minimum Gasteiger partial charge on any atom is -0.372 e. The Labute approximate surface area is 114 Å². The van der Waals surface area contributed by atoms with Crippen molar-refractivity contribution in [3.05, 3.63) is 35.4 Å². The van der Waals surface area contributed by atoms with E-state index in [9.17, 15) is 9.59 Å². The van der Waals surface area contributed by atoms with Crippen LogP contribution in [-0.4, -0.2) is 29.0 Å². The van der Waals surface area contributed by atoms with Gasteiger partial charge in [0.25, 0.3) is 0 Å². The van der Waals surface area contributed by atoms with Gasteiger partial charge in [0.05, 0.1) is 5.56 Å². The van der Waals surface area contributed by atoms with Crippen LogP contribution in [0.2, 0.25) is 0 Å². The Bertz CT molecular complexity index is 458. The predicted octanol–water partition coefficient (Wildman–Crippen LogP) is 3.39. The summed E-state index contributed by atoms with van der Waals surface area (Å²) in [6.07, 6.45) is -0.600. The summed E-state index contributed by atoms with van der Waals surface area (Å²) in [6, 6.07) is 6.95. The molecular weight excluding hydrogens is 242 g/mol. The van der Waals surface area contributed by atoms with Crippen LogP contribution in [0.1, 0.15) is 43.6 Å². The van der Waals surface area contributed by atoms with Gasteiger partial charge in [-0.1, -0.05) is 17.7 Å². The van der Waals surface area contributed by atoms with Gasteiger partial charge in [-0.25, -0.2) is 9.59 Å². The van der Waals surface area contributed by atoms with Crippen LogP contribution in [0, 0.1) is 6.92 Å². The van der Waals surface area contributed by atoms with Gasteiger partial charge in [-0.05, 0) is 46.8 Å². The van der Waals surface area contributed by atoms with Crippen molar-refractivity contribution in [1.82, 2.24) is 4.90 Å². The zero-order chi connectivity index (χ0) is 14.6. The first-order valence-corrected chi connectivity index (χ1v) is 6.44. The molecular formula is C15H21NO3. The lowest BCUT2D eigenvalue weighted by Gasteiger charge is -2.29. The quantitative estimate of drug-likeness (QED) is 0.620. The fraction of sp³-hybridized carbons (Fsp3) is 0.467. The van der Waals surface area contributed by atoms with Crippen LogP contribution in [0.3, 0.4) is 0 Å². The zero-order valence-corrected chi connectivity index (χ0v) is 12.1. The Balaban J connectivity index is 2.79. The first-order chi connectivity index (χ1) is 8.82. The maximum Gasteiger partial charge on any atom is 0.418 e. The molecule has 0 unspecified atom stereocenters. The highest BCUT2D eigenvalue weighted by atomic mass is 16.6. The third-order valence-electron chi connectivity index (χ3n) is 2.76. The van der Waals surface area contributed by atoms with Crippen molar-refractivity contribution >= 4 is 12.1 Å². The number of hydrogen-bond donors (Lipinski definition) is 0. The van der Waals surface area contributed by atoms with Crippen molar-refractivity contribution in [2.24, 2.45) is 0 Å². The highest BCUT2D eigenvalue weighted by molar-refractivity contribution is 5.96. The summed E-state index contributed by atoms with van der Waals surface area (Å²) < 4.78 is 4.92. The van der Waals surface area contributed by atoms with Crippen molar-refractivity contribution in [1.29, 1.82) is 0 Å². The minimum absolute atomic E-state index is 0.0159. The highest BCUT2D eigenvalue weighted by Crippen LogP contribution is 2.11. The molecule has 4 heteroatoms. The largest absolute Gasteiger partial charge is 0.418 e. The van der Waals surface area contributed by atoms with Crippen LogP contribution >= 0.6 is 0 Å². The first kappa shape index (κ1) is 15.2. The van der Waals surface area contributed by atoms with E-state index < -0.39 is 12.1 Å². The van der Waals surface area contributed by atoms with Crippen LogP contribution in [-0.2, 0) is 4.74 Å². The van der Waals surface area contributed by atoms with E-state index in [0.717, 1.165) is 5.56 Å². The molecule has 0 N–H and O–H groups in total. The molecule has 0 heterocycles. The molecule has 0 radical (unpaired) electrons. The molecule has 1 aromatic rings. The zero-order valence-electron chi connectivity index (χ0n) is 12.1. The van der Waals surface area contributed by atoms with Crippen LogP contribution in [0.15, 0.2) is 24.3 Å². The Morgan fingerprint density at radius 2 is 1.68 bits per heavy atom. The number of benzene rings is 1. The molecule has 1 rings (SSSR count). The first-order valence-electron chi connectivity index (χ1n) is 6.44. The predicted molar refractivity (Wildman–Crippen MR) is 74.1 cm³/mol. The molecule has 0 bridgehead atoms. The molecule has 0 saturated carbocycles. The number of rotatable bonds is 3. The van der Waals surface area contributed by atoms with Gasteiger partial charge in [0.1, 0.15) is 0 Å². The SMILES string of the molecule is Cc1cccc(C(=O)OC(=O)N(C(C)C)C(C)C)c1. The average molecular weight is 263 g/mol. The monoisotopic (exact) mass is 263 g/mol. The highest BCUT2D eigenvalue weighted by Gasteiger charge is 2.24. The van der Waals surface area contributed by atoms with E-state index in [0.29, 0.717) is 5.56 Å². The van der Waals surface area contributed by atoms with Crippen LogP contribution in [0.5, 0.6) is 0 Å². The second-order valence-corrected chi connectivity index (χ2v) is 5.12. The van der Waals surface area contributed by atoms with Gasteiger partial charge in [-0.3, -0.25) is 0 Å². The molecule has 19 heavy (non-hydrogen) atoms. The number of aryl methyl sites for hydroxylation is 1. The molecule has 4 nitrogen and oxygen atoms in total. The van der Waals surface area contributed by atoms with Gasteiger partial charge < -0.3 is 9.64 Å². The normalized spacial score (nSPS) is 10.7. The van der Waals surface area contributed by atoms with Gasteiger partial charge in [-0.15, -0.1) is 0 Å². The van der Waals surface area contributed by atoms with E-state index in [1.807, 2.05) is 40.7 Å². The lowest BCUT2D eigenvalue weighted by atomic mass is 10.1. The van der Waals surface area contributed by atoms with Gasteiger partial charge in [0, 0.05) is 12.1 Å². The Kier molecular flexibility index (Phi) is 5.10. The summed E-state index contributed by atoms with van der Waals surface area (Å²) in [4.78, 5) is 25.4. The van der Waals surface area contributed by atoms with Crippen molar-refractivity contribution in [2.75, 3.05) is 0 Å². The number of nitrogens with zero attached hydrogens (tertiary/aromatic N) is 1. The van der Waals surface area contributed by atoms with Crippen molar-refractivity contribution in [2.45, 2.75) is 46.7 Å². The van der Waals surface area contributed by atoms with Crippen LogP contribution in [0.25, 0.3) is 0 Å². The minimum atomic E-state index is -0.611. The summed E-state index contributed by atoms with van der Waals surface area (Å²) >= 11 is 0. The Hall–Kier alpha value is -1.84. The third kappa shape index (κ3) is 4.09. The lowest BCUT2D eigenvalue weighted by Crippen LogP contribution is -2.43. The van der Waals surface area contributed by atoms with Gasteiger partial charge in [-0.2, -0.15) is 0 Å². The maximum absolute atomic E-state index is 12.0. The van der Waals surface area contributed by atoms with Gasteiger partial charge >= 0.3 is 12.1 Å². The van der Waals surface area contributed by atoms with E-state index >= 15 is 0 Å². The number of carbonyl (C=O) groups excluding carboxylic acids is 2. The fourth-order valence-corrected chi connectivity index (χ4v) is 1.98. The van der Waals surface area contributed by atoms with Gasteiger partial charge in [0.15, 0.2) is 0 Å². The molecule has 1 amide bonds. The average Bonchev–Trinajstić information content (AvgIpc) is 2.27. The summed E-state index contributed by atoms with van der Waals surface area (Å²) in [5, 5.41) is 0. The molecule has 0 aliphatic heterocycles. The molecule has 0 fully saturated rings. The summed E-state index contributed by atoms with van der Waals surface area (Å²) in [5.41, 5.74) is 1.34. The van der Waals surface area contributed by atoms with E-state index in [4.69, 9.17) is 4.74 Å². The van der Waals surface area contributed by atoms with Crippen molar-refractivity contribution < 1.29 is 14.3 Å². The third-order valence-corrected chi connectivity index (χ3v) is 2.76. The number of esters is 1. The lowest BCUT2D eigenvalue weighted by molar-refractivity contribution is 0.0484. The van der Waals surface area contributed by atoms with E-state index in [1.165, 1.54) is 4.90 Å². The molecule has 0 aliphatic rings. The molecule has 0 saturated heterocycles. The van der Waals surface area contributed by atoms with Crippen LogP contribution < -0.4 is 0 Å². The van der Waals surface area contributed by atoms with Gasteiger partial charge in [0.2, 0.25) is 0 Å². The fourth-order valence-electron chi connectivity index (χ4n) is 1.98. The smallest absolute Gasteiger partial charge is 0.372 e. The molecule has 0 aromatic heterocycles. The van der Waals surface area contributed by atoms with E-state index in [-0.39, 0.29) is 12.1 Å². The number of hydrogen-bond acceptors (Lipinski definition) is 3. The second-order valence-electron chi connectivity index (χ2n) is 5.12. The Morgan fingerprint density at radius 1 is 1.11 bits per heavy atom. The van der Waals surface area contributed by atoms with Crippen molar-refractivity contribution in [3.8, 4) is 0 Å². The molecule has 1 aromatic carbocycles. The van der Waals surface area contributed by atoms with E-state index in [1.54, 1.807) is 18.2 Å². The molecule has 0 aliphatic carbocycles. The summed E-state index contributed by atoms with van der Waals surface area (Å²) in [6.45, 7) is 9.43. The van der Waals surface area contributed by atoms with Crippen LogP contribution in [0.4, 0.5) is 4.79 Å². The number of amides is 1. The maximum atomic E-state index is 12.0. The Morgan fingerprint density at radius 3 is 2.16 bits per heavy atom. The van der Waals surface area contributed by atoms with E-state index in [2.05, 4.69) is 0 Å². The molecule has 0 atom stereocenters. The van der Waals surface area contributed by atoms with Crippen molar-refractivity contribution in [3.63, 3.8) is 0 Å². The number of carbonyl (C=O) groups is 2. The standard InChI is InChI=1S/C15H21NO3/c1-10(2)16(11(3)4)15(18)19-14(17)13-8-6-7-12(5)9-13/h6-11H,1-5H3. The topological polar surface area (TPSA) is 46.6 Å². The molecule has 0 spiro atoms.